The maximum absolute atomic E-state index is 9.04. The predicted molar refractivity (Wildman–Crippen MR) is 77.7 cm³/mol. The summed E-state index contributed by atoms with van der Waals surface area (Å²) >= 11 is 0. The van der Waals surface area contributed by atoms with Crippen LogP contribution < -0.4 is 10.6 Å². The molecule has 1 aromatic heterocycles. The van der Waals surface area contributed by atoms with Crippen molar-refractivity contribution in [3.63, 3.8) is 0 Å². The summed E-state index contributed by atoms with van der Waals surface area (Å²) in [7, 11) is 0. The monoisotopic (exact) mass is 268 g/mol. The third-order valence-corrected chi connectivity index (χ3v) is 2.69. The Kier molecular flexibility index (Phi) is 4.84. The van der Waals surface area contributed by atoms with E-state index in [0.29, 0.717) is 23.0 Å². The van der Waals surface area contributed by atoms with E-state index in [4.69, 9.17) is 5.26 Å². The molecule has 0 saturated carbocycles. The summed E-state index contributed by atoms with van der Waals surface area (Å²) in [5.74, 6) is 1.04. The molecule has 1 aromatic carbocycles. The number of benzene rings is 1. The van der Waals surface area contributed by atoms with E-state index in [1.807, 2.05) is 12.1 Å². The third-order valence-electron chi connectivity index (χ3n) is 2.69. The molecular weight excluding hydrogens is 252 g/mol. The van der Waals surface area contributed by atoms with Gasteiger partial charge < -0.3 is 10.6 Å². The number of para-hydroxylation sites is 1. The summed E-state index contributed by atoms with van der Waals surface area (Å²) in [6.07, 6.45) is 3.77. The van der Waals surface area contributed by atoms with E-state index >= 15 is 0 Å². The minimum atomic E-state index is 0.370. The molecule has 0 aliphatic heterocycles. The number of rotatable bonds is 6. The quantitative estimate of drug-likeness (QED) is 0.783. The number of nitrogens with one attached hydrogen (secondary N) is 2. The number of anilines is 3. The molecule has 2 N–H and O–H groups in total. The average Bonchev–Trinajstić information content (AvgIpc) is 2.48. The Morgan fingerprint density at radius 3 is 2.95 bits per heavy atom. The molecular formula is C14H16N6. The molecule has 0 bridgehead atoms. The van der Waals surface area contributed by atoms with Crippen LogP contribution in [0.4, 0.5) is 17.5 Å². The summed E-state index contributed by atoms with van der Waals surface area (Å²) in [4.78, 5) is 4.31. The second-order valence-electron chi connectivity index (χ2n) is 4.23. The van der Waals surface area contributed by atoms with Crippen LogP contribution in [0.25, 0.3) is 0 Å². The first-order valence-electron chi connectivity index (χ1n) is 6.53. The van der Waals surface area contributed by atoms with E-state index in [-0.39, 0.29) is 0 Å². The third kappa shape index (κ3) is 3.65. The number of aromatic nitrogens is 3. The molecule has 0 atom stereocenters. The predicted octanol–water partition coefficient (Wildman–Crippen LogP) is 2.70. The van der Waals surface area contributed by atoms with Crippen molar-refractivity contribution in [1.29, 1.82) is 5.26 Å². The van der Waals surface area contributed by atoms with Gasteiger partial charge in [0, 0.05) is 6.54 Å². The zero-order valence-electron chi connectivity index (χ0n) is 11.3. The van der Waals surface area contributed by atoms with E-state index in [2.05, 4.69) is 38.8 Å². The first-order chi connectivity index (χ1) is 9.83. The van der Waals surface area contributed by atoms with E-state index in [1.165, 1.54) is 0 Å². The first kappa shape index (κ1) is 13.7. The highest BCUT2D eigenvalue weighted by molar-refractivity contribution is 5.62. The van der Waals surface area contributed by atoms with Crippen molar-refractivity contribution in [1.82, 2.24) is 15.2 Å². The Balaban J connectivity index is 2.10. The highest BCUT2D eigenvalue weighted by Gasteiger charge is 2.04. The Bertz CT molecular complexity index is 605. The maximum Gasteiger partial charge on any atom is 0.249 e. The van der Waals surface area contributed by atoms with Crippen LogP contribution in [-0.4, -0.2) is 21.7 Å². The van der Waals surface area contributed by atoms with Gasteiger partial charge in [0.25, 0.3) is 0 Å². The summed E-state index contributed by atoms with van der Waals surface area (Å²) in [6, 6.07) is 9.32. The number of nitrogens with zero attached hydrogens (tertiary/aromatic N) is 4. The number of hydrogen-bond acceptors (Lipinski definition) is 6. The van der Waals surface area contributed by atoms with Crippen LogP contribution >= 0.6 is 0 Å². The van der Waals surface area contributed by atoms with Crippen molar-refractivity contribution in [2.75, 3.05) is 17.2 Å². The lowest BCUT2D eigenvalue weighted by Gasteiger charge is -2.08. The van der Waals surface area contributed by atoms with Crippen LogP contribution in [-0.2, 0) is 0 Å². The van der Waals surface area contributed by atoms with Crippen LogP contribution in [0.1, 0.15) is 25.3 Å². The van der Waals surface area contributed by atoms with Crippen LogP contribution in [0.15, 0.2) is 30.5 Å². The lowest BCUT2D eigenvalue weighted by Crippen LogP contribution is -2.07. The van der Waals surface area contributed by atoms with E-state index in [0.717, 1.165) is 19.4 Å². The van der Waals surface area contributed by atoms with Crippen LogP contribution in [0.2, 0.25) is 0 Å². The van der Waals surface area contributed by atoms with Gasteiger partial charge in [-0.05, 0) is 18.6 Å². The molecule has 0 aliphatic rings. The molecule has 0 unspecified atom stereocenters. The molecule has 6 nitrogen and oxygen atoms in total. The summed E-state index contributed by atoms with van der Waals surface area (Å²) < 4.78 is 0. The van der Waals surface area contributed by atoms with Gasteiger partial charge in [-0.2, -0.15) is 15.3 Å². The molecule has 0 aliphatic carbocycles. The molecule has 0 radical (unpaired) electrons. The highest BCUT2D eigenvalue weighted by Crippen LogP contribution is 2.17. The van der Waals surface area contributed by atoms with Crippen LogP contribution in [0.3, 0.4) is 0 Å². The number of unbranched alkanes of at least 4 members (excludes halogenated alkanes) is 1. The van der Waals surface area contributed by atoms with Crippen molar-refractivity contribution in [2.24, 2.45) is 0 Å². The van der Waals surface area contributed by atoms with Gasteiger partial charge in [-0.1, -0.05) is 25.5 Å². The van der Waals surface area contributed by atoms with Gasteiger partial charge in [-0.25, -0.2) is 0 Å². The molecule has 2 rings (SSSR count). The molecule has 20 heavy (non-hydrogen) atoms. The van der Waals surface area contributed by atoms with Gasteiger partial charge in [-0.15, -0.1) is 5.10 Å². The van der Waals surface area contributed by atoms with Gasteiger partial charge in [0.15, 0.2) is 5.82 Å². The fourth-order valence-electron chi connectivity index (χ4n) is 1.64. The van der Waals surface area contributed by atoms with E-state index in [9.17, 15) is 0 Å². The van der Waals surface area contributed by atoms with Crippen molar-refractivity contribution in [2.45, 2.75) is 19.8 Å². The maximum atomic E-state index is 9.04. The second-order valence-corrected chi connectivity index (χ2v) is 4.23. The van der Waals surface area contributed by atoms with Crippen molar-refractivity contribution >= 4 is 17.5 Å². The molecule has 6 heteroatoms. The fourth-order valence-corrected chi connectivity index (χ4v) is 1.64. The van der Waals surface area contributed by atoms with Crippen molar-refractivity contribution in [3.8, 4) is 6.07 Å². The number of nitriles is 1. The molecule has 1 heterocycles. The van der Waals surface area contributed by atoms with Crippen molar-refractivity contribution in [3.05, 3.63) is 36.0 Å². The van der Waals surface area contributed by atoms with Gasteiger partial charge in [0.2, 0.25) is 5.95 Å². The first-order valence-corrected chi connectivity index (χ1v) is 6.53. The molecule has 0 amide bonds. The Morgan fingerprint density at radius 2 is 2.15 bits per heavy atom. The SMILES string of the molecule is CCCCNc1cnnc(Nc2ccccc2C#N)n1. The molecule has 0 fully saturated rings. The van der Waals surface area contributed by atoms with Crippen molar-refractivity contribution < 1.29 is 0 Å². The largest absolute Gasteiger partial charge is 0.369 e. The highest BCUT2D eigenvalue weighted by atomic mass is 15.3. The summed E-state index contributed by atoms with van der Waals surface area (Å²) in [5, 5.41) is 23.0. The fraction of sp³-hybridized carbons (Fsp3) is 0.286. The second kappa shape index (κ2) is 7.04. The topological polar surface area (TPSA) is 86.5 Å². The molecule has 0 spiro atoms. The Labute approximate surface area is 117 Å². The van der Waals surface area contributed by atoms with Gasteiger partial charge >= 0.3 is 0 Å². The molecule has 102 valence electrons. The van der Waals surface area contributed by atoms with E-state index < -0.39 is 0 Å². The van der Waals surface area contributed by atoms with Crippen LogP contribution in [0, 0.1) is 11.3 Å². The van der Waals surface area contributed by atoms with Gasteiger partial charge in [0.1, 0.15) is 6.07 Å². The minimum absolute atomic E-state index is 0.370. The average molecular weight is 268 g/mol. The summed E-state index contributed by atoms with van der Waals surface area (Å²) in [5.41, 5.74) is 1.21. The van der Waals surface area contributed by atoms with E-state index in [1.54, 1.807) is 18.3 Å². The minimum Gasteiger partial charge on any atom is -0.369 e. The van der Waals surface area contributed by atoms with Gasteiger partial charge in [0.05, 0.1) is 17.4 Å². The Morgan fingerprint density at radius 1 is 1.30 bits per heavy atom. The summed E-state index contributed by atoms with van der Waals surface area (Å²) in [6.45, 7) is 2.98. The standard InChI is InChI=1S/C14H16N6/c1-2-3-8-16-13-10-17-20-14(19-13)18-12-7-5-4-6-11(12)9-15/h4-7,10H,2-3,8H2,1H3,(H2,16,18,19,20). The molecule has 2 aromatic rings. The number of hydrogen-bond donors (Lipinski definition) is 2. The Hall–Kier alpha value is -2.68. The normalized spacial score (nSPS) is 9.80. The zero-order valence-corrected chi connectivity index (χ0v) is 11.3. The lowest BCUT2D eigenvalue weighted by atomic mass is 10.2. The zero-order chi connectivity index (χ0) is 14.2. The lowest BCUT2D eigenvalue weighted by molar-refractivity contribution is 0.827. The van der Waals surface area contributed by atoms with Gasteiger partial charge in [-0.3, -0.25) is 0 Å². The smallest absolute Gasteiger partial charge is 0.249 e. The molecule has 0 saturated heterocycles. The van der Waals surface area contributed by atoms with Crippen LogP contribution in [0.5, 0.6) is 0 Å².